The van der Waals surface area contributed by atoms with E-state index in [9.17, 15) is 19.7 Å². The van der Waals surface area contributed by atoms with E-state index in [0.29, 0.717) is 11.3 Å². The molecule has 0 fully saturated rings. The molecule has 0 aliphatic rings. The minimum Gasteiger partial charge on any atom is -0.483 e. The van der Waals surface area contributed by atoms with Crippen LogP contribution in [0.3, 0.4) is 0 Å². The molecule has 0 saturated heterocycles. The van der Waals surface area contributed by atoms with Crippen LogP contribution in [0.1, 0.15) is 11.1 Å². The SMILES string of the molecule is Cc1ccccc1OCC(=O)NNC(=O)Cc1ccc([N+](=O)[O-])cc1. The number of benzene rings is 2. The lowest BCUT2D eigenvalue weighted by atomic mass is 10.1. The second-order valence-electron chi connectivity index (χ2n) is 5.25. The number of aryl methyl sites for hydroxylation is 1. The van der Waals surface area contributed by atoms with Crippen LogP contribution in [0, 0.1) is 17.0 Å². The summed E-state index contributed by atoms with van der Waals surface area (Å²) in [4.78, 5) is 33.5. The first-order chi connectivity index (χ1) is 12.0. The number of amides is 2. The number of non-ortho nitro benzene ring substituents is 1. The maximum Gasteiger partial charge on any atom is 0.276 e. The Bertz CT molecular complexity index is 774. The van der Waals surface area contributed by atoms with Gasteiger partial charge < -0.3 is 4.74 Å². The number of nitrogens with zero attached hydrogens (tertiary/aromatic N) is 1. The van der Waals surface area contributed by atoms with Crippen molar-refractivity contribution in [2.24, 2.45) is 0 Å². The summed E-state index contributed by atoms with van der Waals surface area (Å²) in [5.74, 6) is -0.353. The van der Waals surface area contributed by atoms with Crippen LogP contribution in [0.15, 0.2) is 48.5 Å². The summed E-state index contributed by atoms with van der Waals surface area (Å²) in [7, 11) is 0. The molecule has 2 rings (SSSR count). The number of carbonyl (C=O) groups excluding carboxylic acids is 2. The number of carbonyl (C=O) groups is 2. The molecule has 0 bridgehead atoms. The highest BCUT2D eigenvalue weighted by atomic mass is 16.6. The van der Waals surface area contributed by atoms with Gasteiger partial charge in [-0.05, 0) is 24.1 Å². The van der Waals surface area contributed by atoms with Gasteiger partial charge >= 0.3 is 0 Å². The number of ether oxygens (including phenoxy) is 1. The number of hydrazine groups is 1. The molecule has 8 heteroatoms. The van der Waals surface area contributed by atoms with E-state index >= 15 is 0 Å². The molecule has 130 valence electrons. The Morgan fingerprint density at radius 2 is 1.68 bits per heavy atom. The van der Waals surface area contributed by atoms with Crippen LogP contribution in [0.4, 0.5) is 5.69 Å². The van der Waals surface area contributed by atoms with Crippen molar-refractivity contribution in [1.29, 1.82) is 0 Å². The van der Waals surface area contributed by atoms with Crippen LogP contribution in [0.25, 0.3) is 0 Å². The Balaban J connectivity index is 1.74. The number of nitro groups is 1. The molecule has 0 spiro atoms. The largest absolute Gasteiger partial charge is 0.483 e. The first-order valence-corrected chi connectivity index (χ1v) is 7.45. The number of rotatable bonds is 6. The lowest BCUT2D eigenvalue weighted by Crippen LogP contribution is -2.44. The van der Waals surface area contributed by atoms with E-state index in [2.05, 4.69) is 10.9 Å². The summed E-state index contributed by atoms with van der Waals surface area (Å²) in [5.41, 5.74) is 5.96. The molecule has 0 heterocycles. The van der Waals surface area contributed by atoms with E-state index in [0.717, 1.165) is 5.56 Å². The molecule has 0 aliphatic heterocycles. The van der Waals surface area contributed by atoms with Gasteiger partial charge in [0.15, 0.2) is 6.61 Å². The minimum absolute atomic E-state index is 0.0169. The smallest absolute Gasteiger partial charge is 0.276 e. The van der Waals surface area contributed by atoms with Gasteiger partial charge in [-0.1, -0.05) is 30.3 Å². The topological polar surface area (TPSA) is 111 Å². The highest BCUT2D eigenvalue weighted by Gasteiger charge is 2.09. The van der Waals surface area contributed by atoms with Gasteiger partial charge in [0.05, 0.1) is 11.3 Å². The van der Waals surface area contributed by atoms with Gasteiger partial charge in [-0.25, -0.2) is 0 Å². The van der Waals surface area contributed by atoms with Crippen molar-refractivity contribution >= 4 is 17.5 Å². The van der Waals surface area contributed by atoms with Crippen LogP contribution >= 0.6 is 0 Å². The Labute approximate surface area is 143 Å². The van der Waals surface area contributed by atoms with Gasteiger partial charge in [0.25, 0.3) is 11.6 Å². The monoisotopic (exact) mass is 343 g/mol. The third-order valence-electron chi connectivity index (χ3n) is 3.31. The fourth-order valence-electron chi connectivity index (χ4n) is 2.00. The van der Waals surface area contributed by atoms with Gasteiger partial charge in [-0.2, -0.15) is 0 Å². The maximum atomic E-state index is 11.8. The predicted molar refractivity (Wildman–Crippen MR) is 89.8 cm³/mol. The molecular formula is C17H17N3O5. The van der Waals surface area contributed by atoms with Gasteiger partial charge in [-0.3, -0.25) is 30.6 Å². The zero-order valence-electron chi connectivity index (χ0n) is 13.5. The Kier molecular flexibility index (Phi) is 6.05. The van der Waals surface area contributed by atoms with Crippen molar-refractivity contribution < 1.29 is 19.2 Å². The molecule has 2 N–H and O–H groups in total. The number of hydrogen-bond acceptors (Lipinski definition) is 5. The average molecular weight is 343 g/mol. The molecule has 0 aliphatic carbocycles. The van der Waals surface area contributed by atoms with E-state index in [-0.39, 0.29) is 18.7 Å². The van der Waals surface area contributed by atoms with Gasteiger partial charge in [0.2, 0.25) is 5.91 Å². The summed E-state index contributed by atoms with van der Waals surface area (Å²) in [6.07, 6.45) is -0.0169. The fourth-order valence-corrected chi connectivity index (χ4v) is 2.00. The summed E-state index contributed by atoms with van der Waals surface area (Å²) in [6.45, 7) is 1.63. The molecule has 2 amide bonds. The van der Waals surface area contributed by atoms with E-state index in [1.807, 2.05) is 19.1 Å². The van der Waals surface area contributed by atoms with Crippen molar-refractivity contribution in [1.82, 2.24) is 10.9 Å². The third kappa shape index (κ3) is 5.61. The molecular weight excluding hydrogens is 326 g/mol. The van der Waals surface area contributed by atoms with Gasteiger partial charge in [-0.15, -0.1) is 0 Å². The second-order valence-corrected chi connectivity index (χ2v) is 5.25. The summed E-state index contributed by atoms with van der Waals surface area (Å²) in [6, 6.07) is 12.9. The molecule has 0 atom stereocenters. The van der Waals surface area contributed by atoms with Crippen LogP contribution in [-0.2, 0) is 16.0 Å². The maximum absolute atomic E-state index is 11.8. The average Bonchev–Trinajstić information content (AvgIpc) is 2.59. The quantitative estimate of drug-likeness (QED) is 0.612. The van der Waals surface area contributed by atoms with Crippen molar-refractivity contribution in [2.75, 3.05) is 6.61 Å². The Hall–Kier alpha value is -3.42. The summed E-state index contributed by atoms with van der Waals surface area (Å²) in [5, 5.41) is 10.6. The van der Waals surface area contributed by atoms with E-state index in [1.165, 1.54) is 24.3 Å². The predicted octanol–water partition coefficient (Wildman–Crippen LogP) is 1.67. The van der Waals surface area contributed by atoms with E-state index < -0.39 is 16.7 Å². The highest BCUT2D eigenvalue weighted by molar-refractivity contribution is 5.83. The normalized spacial score (nSPS) is 9.96. The molecule has 0 unspecified atom stereocenters. The lowest BCUT2D eigenvalue weighted by molar-refractivity contribution is -0.384. The zero-order valence-corrected chi connectivity index (χ0v) is 13.5. The van der Waals surface area contributed by atoms with Crippen LogP contribution in [0.5, 0.6) is 5.75 Å². The molecule has 0 saturated carbocycles. The standard InChI is InChI=1S/C17H17N3O5/c1-12-4-2-3-5-15(12)25-11-17(22)19-18-16(21)10-13-6-8-14(9-7-13)20(23)24/h2-9H,10-11H2,1H3,(H,18,21)(H,19,22). The summed E-state index contributed by atoms with van der Waals surface area (Å²) >= 11 is 0. The molecule has 8 nitrogen and oxygen atoms in total. The molecule has 0 radical (unpaired) electrons. The van der Waals surface area contributed by atoms with Crippen LogP contribution < -0.4 is 15.6 Å². The van der Waals surface area contributed by atoms with Crippen LogP contribution in [-0.4, -0.2) is 23.3 Å². The van der Waals surface area contributed by atoms with Crippen molar-refractivity contribution in [3.63, 3.8) is 0 Å². The molecule has 0 aromatic heterocycles. The second kappa shape index (κ2) is 8.44. The molecule has 2 aromatic rings. The highest BCUT2D eigenvalue weighted by Crippen LogP contribution is 2.15. The zero-order chi connectivity index (χ0) is 18.2. The van der Waals surface area contributed by atoms with Gasteiger partial charge in [0.1, 0.15) is 5.75 Å². The van der Waals surface area contributed by atoms with E-state index in [1.54, 1.807) is 12.1 Å². The third-order valence-corrected chi connectivity index (χ3v) is 3.31. The number of para-hydroxylation sites is 1. The van der Waals surface area contributed by atoms with Crippen molar-refractivity contribution in [2.45, 2.75) is 13.3 Å². The first kappa shape index (κ1) is 17.9. The fraction of sp³-hybridized carbons (Fsp3) is 0.176. The van der Waals surface area contributed by atoms with Crippen LogP contribution in [0.2, 0.25) is 0 Å². The van der Waals surface area contributed by atoms with E-state index in [4.69, 9.17) is 4.74 Å². The Morgan fingerprint density at radius 3 is 2.32 bits per heavy atom. The molecule has 2 aromatic carbocycles. The number of nitro benzene ring substituents is 1. The van der Waals surface area contributed by atoms with Gasteiger partial charge in [0, 0.05) is 12.1 Å². The van der Waals surface area contributed by atoms with Crippen molar-refractivity contribution in [3.8, 4) is 5.75 Å². The van der Waals surface area contributed by atoms with Crippen molar-refractivity contribution in [3.05, 3.63) is 69.8 Å². The molecule has 25 heavy (non-hydrogen) atoms. The first-order valence-electron chi connectivity index (χ1n) is 7.45. The lowest BCUT2D eigenvalue weighted by Gasteiger charge is -2.10. The summed E-state index contributed by atoms with van der Waals surface area (Å²) < 4.78 is 5.36. The number of hydrogen-bond donors (Lipinski definition) is 2. The minimum atomic E-state index is -0.515. The Morgan fingerprint density at radius 1 is 1.04 bits per heavy atom. The number of nitrogens with one attached hydrogen (secondary N) is 2.